The Labute approximate surface area is 112 Å². The van der Waals surface area contributed by atoms with Gasteiger partial charge in [-0.05, 0) is 36.4 Å². The van der Waals surface area contributed by atoms with Gasteiger partial charge in [-0.3, -0.25) is 4.57 Å². The summed E-state index contributed by atoms with van der Waals surface area (Å²) in [6.45, 7) is -2.85. The third-order valence-electron chi connectivity index (χ3n) is 2.76. The van der Waals surface area contributed by atoms with Crippen LogP contribution in [0.2, 0.25) is 0 Å². The van der Waals surface area contributed by atoms with Crippen LogP contribution in [0.25, 0.3) is 16.9 Å². The molecule has 1 aromatic carbocycles. The largest absolute Gasteiger partial charge is 0.435 e. The van der Waals surface area contributed by atoms with Crippen molar-refractivity contribution >= 4 is 17.1 Å². The minimum atomic E-state index is -2.85. The minimum absolute atomic E-state index is 0.0831. The highest BCUT2D eigenvalue weighted by Gasteiger charge is 2.11. The van der Waals surface area contributed by atoms with E-state index in [0.717, 1.165) is 0 Å². The third kappa shape index (κ3) is 2.13. The van der Waals surface area contributed by atoms with E-state index >= 15 is 0 Å². The molecule has 0 saturated carbocycles. The van der Waals surface area contributed by atoms with Crippen LogP contribution < -0.4 is 10.5 Å². The summed E-state index contributed by atoms with van der Waals surface area (Å²) in [5, 5.41) is 0. The monoisotopic (exact) mass is 276 g/mol. The molecule has 0 aliphatic rings. The second kappa shape index (κ2) is 4.76. The number of anilines is 1. The molecule has 7 heteroatoms. The molecule has 0 aliphatic heterocycles. The van der Waals surface area contributed by atoms with E-state index < -0.39 is 6.61 Å². The normalized spacial score (nSPS) is 11.2. The van der Waals surface area contributed by atoms with Crippen molar-refractivity contribution in [3.63, 3.8) is 0 Å². The van der Waals surface area contributed by atoms with Crippen LogP contribution in [0.5, 0.6) is 5.75 Å². The van der Waals surface area contributed by atoms with Gasteiger partial charge in [0.25, 0.3) is 0 Å². The van der Waals surface area contributed by atoms with Crippen molar-refractivity contribution in [2.75, 3.05) is 5.73 Å². The lowest BCUT2D eigenvalue weighted by Crippen LogP contribution is -2.03. The molecule has 20 heavy (non-hydrogen) atoms. The number of alkyl halides is 2. The first-order chi connectivity index (χ1) is 9.65. The highest BCUT2D eigenvalue weighted by molar-refractivity contribution is 5.76. The topological polar surface area (TPSA) is 66.0 Å². The minimum Gasteiger partial charge on any atom is -0.435 e. The van der Waals surface area contributed by atoms with Gasteiger partial charge in [0.2, 0.25) is 5.95 Å². The Morgan fingerprint density at radius 3 is 2.60 bits per heavy atom. The van der Waals surface area contributed by atoms with Crippen LogP contribution in [0.3, 0.4) is 0 Å². The summed E-state index contributed by atoms with van der Waals surface area (Å²) in [4.78, 5) is 8.41. The van der Waals surface area contributed by atoms with Crippen LogP contribution in [0.1, 0.15) is 0 Å². The Balaban J connectivity index is 2.05. The molecule has 0 unspecified atom stereocenters. The number of benzene rings is 1. The van der Waals surface area contributed by atoms with E-state index in [4.69, 9.17) is 5.73 Å². The Hall–Kier alpha value is -2.70. The number of halogens is 2. The molecule has 0 saturated heterocycles. The summed E-state index contributed by atoms with van der Waals surface area (Å²) in [5.41, 5.74) is 7.81. The maximum absolute atomic E-state index is 12.1. The summed E-state index contributed by atoms with van der Waals surface area (Å²) < 4.78 is 30.1. The summed E-state index contributed by atoms with van der Waals surface area (Å²) in [7, 11) is 0. The summed E-state index contributed by atoms with van der Waals surface area (Å²) in [5.74, 6) is 0.362. The number of ether oxygens (including phenoxy) is 1. The van der Waals surface area contributed by atoms with E-state index in [-0.39, 0.29) is 11.7 Å². The second-order valence-electron chi connectivity index (χ2n) is 4.02. The van der Waals surface area contributed by atoms with Gasteiger partial charge < -0.3 is 10.5 Å². The number of pyridine rings is 1. The van der Waals surface area contributed by atoms with E-state index in [0.29, 0.717) is 16.9 Å². The average Bonchev–Trinajstić information content (AvgIpc) is 2.75. The first-order valence-corrected chi connectivity index (χ1v) is 5.79. The van der Waals surface area contributed by atoms with E-state index in [1.165, 1.54) is 12.1 Å². The fourth-order valence-electron chi connectivity index (χ4n) is 1.96. The Kier molecular flexibility index (Phi) is 2.94. The first-order valence-electron chi connectivity index (χ1n) is 5.79. The van der Waals surface area contributed by atoms with Crippen LogP contribution in [0.15, 0.2) is 42.6 Å². The van der Waals surface area contributed by atoms with Gasteiger partial charge in [-0.15, -0.1) is 0 Å². The molecule has 2 aromatic heterocycles. The molecule has 2 N–H and O–H groups in total. The molecule has 0 bridgehead atoms. The molecule has 102 valence electrons. The fourth-order valence-corrected chi connectivity index (χ4v) is 1.96. The average molecular weight is 276 g/mol. The zero-order valence-electron chi connectivity index (χ0n) is 10.2. The number of nitrogen functional groups attached to an aromatic ring is 1. The lowest BCUT2D eigenvalue weighted by molar-refractivity contribution is -0.0498. The Morgan fingerprint density at radius 1 is 1.15 bits per heavy atom. The smallest absolute Gasteiger partial charge is 0.387 e. The van der Waals surface area contributed by atoms with Gasteiger partial charge in [0, 0.05) is 6.20 Å². The molecule has 0 atom stereocenters. The van der Waals surface area contributed by atoms with Crippen molar-refractivity contribution in [3.8, 4) is 11.4 Å². The van der Waals surface area contributed by atoms with Crippen LogP contribution in [-0.4, -0.2) is 21.1 Å². The predicted octanol–water partition coefficient (Wildman–Crippen LogP) is 2.60. The van der Waals surface area contributed by atoms with Crippen molar-refractivity contribution in [1.82, 2.24) is 14.5 Å². The summed E-state index contributed by atoms with van der Waals surface area (Å²) >= 11 is 0. The van der Waals surface area contributed by atoms with E-state index in [1.807, 2.05) is 0 Å². The third-order valence-corrected chi connectivity index (χ3v) is 2.76. The molecule has 0 aliphatic carbocycles. The summed E-state index contributed by atoms with van der Waals surface area (Å²) in [6, 6.07) is 9.67. The zero-order chi connectivity index (χ0) is 14.1. The Morgan fingerprint density at radius 2 is 1.90 bits per heavy atom. The van der Waals surface area contributed by atoms with Gasteiger partial charge in [-0.1, -0.05) is 0 Å². The molecule has 0 radical (unpaired) electrons. The molecular weight excluding hydrogens is 266 g/mol. The maximum atomic E-state index is 12.1. The number of rotatable bonds is 3. The molecule has 3 aromatic rings. The number of nitrogens with two attached hydrogens (primary N) is 1. The number of hydrogen-bond acceptors (Lipinski definition) is 4. The SMILES string of the molecule is Nc1nc2cccnc2n1-c1ccc(OC(F)F)cc1. The number of aromatic nitrogens is 3. The molecule has 0 spiro atoms. The van der Waals surface area contributed by atoms with Gasteiger partial charge in [-0.2, -0.15) is 8.78 Å². The molecule has 2 heterocycles. The fraction of sp³-hybridized carbons (Fsp3) is 0.0769. The highest BCUT2D eigenvalue weighted by atomic mass is 19.3. The van der Waals surface area contributed by atoms with Gasteiger partial charge in [0.15, 0.2) is 5.65 Å². The van der Waals surface area contributed by atoms with Crippen molar-refractivity contribution in [2.24, 2.45) is 0 Å². The first kappa shape index (κ1) is 12.3. The molecule has 5 nitrogen and oxygen atoms in total. The molecule has 0 fully saturated rings. The Bertz CT molecular complexity index is 740. The van der Waals surface area contributed by atoms with Crippen molar-refractivity contribution < 1.29 is 13.5 Å². The van der Waals surface area contributed by atoms with Gasteiger partial charge in [0.05, 0.1) is 5.69 Å². The van der Waals surface area contributed by atoms with E-state index in [2.05, 4.69) is 14.7 Å². The van der Waals surface area contributed by atoms with Gasteiger partial charge >= 0.3 is 6.61 Å². The van der Waals surface area contributed by atoms with Crippen LogP contribution in [0, 0.1) is 0 Å². The van der Waals surface area contributed by atoms with Crippen LogP contribution in [-0.2, 0) is 0 Å². The highest BCUT2D eigenvalue weighted by Crippen LogP contribution is 2.23. The number of hydrogen-bond donors (Lipinski definition) is 1. The quantitative estimate of drug-likeness (QED) is 0.798. The van der Waals surface area contributed by atoms with Crippen molar-refractivity contribution in [1.29, 1.82) is 0 Å². The van der Waals surface area contributed by atoms with Crippen molar-refractivity contribution in [3.05, 3.63) is 42.6 Å². The van der Waals surface area contributed by atoms with Gasteiger partial charge in [0.1, 0.15) is 11.3 Å². The molecular formula is C13H10F2N4O. The van der Waals surface area contributed by atoms with Gasteiger partial charge in [-0.25, -0.2) is 9.97 Å². The zero-order valence-corrected chi connectivity index (χ0v) is 10.2. The number of imidazole rings is 1. The lowest BCUT2D eigenvalue weighted by atomic mass is 10.3. The summed E-state index contributed by atoms with van der Waals surface area (Å²) in [6.07, 6.45) is 1.63. The van der Waals surface area contributed by atoms with Crippen LogP contribution >= 0.6 is 0 Å². The number of nitrogens with zero attached hydrogens (tertiary/aromatic N) is 3. The maximum Gasteiger partial charge on any atom is 0.387 e. The molecule has 3 rings (SSSR count). The van der Waals surface area contributed by atoms with E-state index in [1.54, 1.807) is 35.0 Å². The number of fused-ring (bicyclic) bond motifs is 1. The van der Waals surface area contributed by atoms with Crippen molar-refractivity contribution in [2.45, 2.75) is 6.61 Å². The lowest BCUT2D eigenvalue weighted by Gasteiger charge is -2.08. The second-order valence-corrected chi connectivity index (χ2v) is 4.02. The standard InChI is InChI=1S/C13H10F2N4O/c14-12(15)20-9-5-3-8(4-6-9)19-11-10(18-13(19)16)2-1-7-17-11/h1-7,12H,(H2,16,18). The molecule has 0 amide bonds. The van der Waals surface area contributed by atoms with E-state index in [9.17, 15) is 8.78 Å². The predicted molar refractivity (Wildman–Crippen MR) is 69.9 cm³/mol. The van der Waals surface area contributed by atoms with Crippen LogP contribution in [0.4, 0.5) is 14.7 Å².